The predicted octanol–water partition coefficient (Wildman–Crippen LogP) is 9.72. The van der Waals surface area contributed by atoms with Crippen LogP contribution in [0.25, 0.3) is 0 Å². The van der Waals surface area contributed by atoms with Gasteiger partial charge in [-0.05, 0) is 43.7 Å². The average molecular weight is 818 g/mol. The van der Waals surface area contributed by atoms with E-state index in [0.717, 1.165) is 65.1 Å². The predicted molar refractivity (Wildman–Crippen MR) is 237 cm³/mol. The van der Waals surface area contributed by atoms with Gasteiger partial charge in [-0.25, -0.2) is 4.79 Å². The molecule has 1 amide bonds. The first-order chi connectivity index (χ1) is 27.6. The van der Waals surface area contributed by atoms with Crippen LogP contribution in [-0.2, 0) is 28.5 Å². The number of aliphatic carboxylic acids is 1. The molecule has 0 rings (SSSR count). The molecule has 10 nitrogen and oxygen atoms in total. The van der Waals surface area contributed by atoms with E-state index in [1.165, 1.54) is 146 Å². The molecule has 0 radical (unpaired) electrons. The molecule has 11 heteroatoms. The number of ether oxygens (including phenoxy) is 4. The van der Waals surface area contributed by atoms with Crippen LogP contribution < -0.4 is 16.0 Å². The molecule has 4 N–H and O–H groups in total. The first-order valence-corrected chi connectivity index (χ1v) is 24.6. The normalized spacial score (nSPS) is 12.0. The van der Waals surface area contributed by atoms with Crippen molar-refractivity contribution in [1.82, 2.24) is 16.0 Å². The Hall–Kier alpha value is -0.950. The lowest BCUT2D eigenvalue weighted by molar-refractivity contribution is -0.143. The quantitative estimate of drug-likeness (QED) is 0.0441. The number of amides is 1. The van der Waals surface area contributed by atoms with Gasteiger partial charge in [-0.3, -0.25) is 4.79 Å². The Kier molecular flexibility index (Phi) is 47.6. The monoisotopic (exact) mass is 818 g/mol. The van der Waals surface area contributed by atoms with E-state index in [0.29, 0.717) is 32.8 Å². The lowest BCUT2D eigenvalue weighted by atomic mass is 10.0. The summed E-state index contributed by atoms with van der Waals surface area (Å²) in [4.78, 5) is 23.8. The van der Waals surface area contributed by atoms with Crippen LogP contribution in [0.1, 0.15) is 181 Å². The van der Waals surface area contributed by atoms with Crippen LogP contribution >= 0.6 is 11.8 Å². The molecular formula is C45H91N3O7S. The molecule has 1 atom stereocenters. The number of unbranched alkanes of at least 4 members (excludes halogenated alkanes) is 21. The van der Waals surface area contributed by atoms with Gasteiger partial charge in [-0.1, -0.05) is 149 Å². The van der Waals surface area contributed by atoms with E-state index < -0.39 is 12.0 Å². The van der Waals surface area contributed by atoms with Gasteiger partial charge in [0, 0.05) is 39.3 Å². The lowest BCUT2D eigenvalue weighted by Gasteiger charge is -2.15. The molecule has 0 aromatic carbocycles. The van der Waals surface area contributed by atoms with Crippen LogP contribution in [0, 0.1) is 0 Å². The Morgan fingerprint density at radius 1 is 0.464 bits per heavy atom. The molecule has 0 heterocycles. The Morgan fingerprint density at radius 3 is 1.45 bits per heavy atom. The number of rotatable bonds is 49. The Balaban J connectivity index is 3.35. The van der Waals surface area contributed by atoms with Crippen molar-refractivity contribution in [3.63, 3.8) is 0 Å². The maximum atomic E-state index is 12.3. The third-order valence-corrected chi connectivity index (χ3v) is 11.1. The molecule has 0 aliphatic heterocycles. The molecule has 0 spiro atoms. The second-order valence-corrected chi connectivity index (χ2v) is 16.6. The summed E-state index contributed by atoms with van der Waals surface area (Å²) < 4.78 is 22.4. The van der Waals surface area contributed by atoms with Crippen molar-refractivity contribution in [2.24, 2.45) is 0 Å². The summed E-state index contributed by atoms with van der Waals surface area (Å²) in [5, 5.41) is 18.9. The number of hydrogen-bond acceptors (Lipinski definition) is 9. The van der Waals surface area contributed by atoms with E-state index in [1.807, 2.05) is 11.8 Å². The first-order valence-electron chi connectivity index (χ1n) is 23.4. The summed E-state index contributed by atoms with van der Waals surface area (Å²) in [7, 11) is 0. The number of carbonyl (C=O) groups is 2. The van der Waals surface area contributed by atoms with Crippen LogP contribution in [-0.4, -0.2) is 114 Å². The summed E-state index contributed by atoms with van der Waals surface area (Å²) in [6, 6.07) is -1.04. The topological polar surface area (TPSA) is 127 Å². The van der Waals surface area contributed by atoms with Crippen molar-refractivity contribution < 1.29 is 33.6 Å². The fourth-order valence-electron chi connectivity index (χ4n) is 6.41. The highest BCUT2D eigenvalue weighted by molar-refractivity contribution is 7.99. The number of hydrogen-bond donors (Lipinski definition) is 4. The highest BCUT2D eigenvalue weighted by atomic mass is 32.2. The van der Waals surface area contributed by atoms with Crippen LogP contribution in [0.15, 0.2) is 0 Å². The Bertz CT molecular complexity index is 799. The van der Waals surface area contributed by atoms with Crippen LogP contribution in [0.5, 0.6) is 0 Å². The molecule has 56 heavy (non-hydrogen) atoms. The largest absolute Gasteiger partial charge is 0.480 e. The molecule has 0 bridgehead atoms. The average Bonchev–Trinajstić information content (AvgIpc) is 3.19. The summed E-state index contributed by atoms with van der Waals surface area (Å²) >= 11 is 2.03. The van der Waals surface area contributed by atoms with E-state index in [9.17, 15) is 14.7 Å². The van der Waals surface area contributed by atoms with Crippen molar-refractivity contribution >= 4 is 23.6 Å². The van der Waals surface area contributed by atoms with Crippen molar-refractivity contribution in [1.29, 1.82) is 0 Å². The van der Waals surface area contributed by atoms with Gasteiger partial charge in [-0.2, -0.15) is 11.8 Å². The molecule has 1 unspecified atom stereocenters. The number of carbonyl (C=O) groups excluding carboxylic acids is 1. The minimum Gasteiger partial charge on any atom is -0.480 e. The SMILES string of the molecule is CCCCCCCCCCCCCCCC(=O)NC(COCCOCCOCCNCCNCCCSCCCOCCCCCCCCCCCC)C(=O)O. The Labute approximate surface area is 349 Å². The molecule has 0 aromatic rings. The first kappa shape index (κ1) is 55.0. The molecule has 0 aromatic heterocycles. The summed E-state index contributed by atoms with van der Waals surface area (Å²) in [6.45, 7) is 12.2. The summed E-state index contributed by atoms with van der Waals surface area (Å²) in [5.74, 6) is 1.07. The highest BCUT2D eigenvalue weighted by Gasteiger charge is 2.19. The van der Waals surface area contributed by atoms with Gasteiger partial charge in [0.25, 0.3) is 0 Å². The zero-order valence-electron chi connectivity index (χ0n) is 36.7. The summed E-state index contributed by atoms with van der Waals surface area (Å²) in [6.07, 6.45) is 32.6. The number of nitrogens with one attached hydrogen (secondary N) is 3. The van der Waals surface area contributed by atoms with E-state index >= 15 is 0 Å². The summed E-state index contributed by atoms with van der Waals surface area (Å²) in [5.41, 5.74) is 0. The van der Waals surface area contributed by atoms with E-state index in [2.05, 4.69) is 29.8 Å². The van der Waals surface area contributed by atoms with Crippen LogP contribution in [0.2, 0.25) is 0 Å². The molecule has 334 valence electrons. The van der Waals surface area contributed by atoms with Gasteiger partial charge in [0.05, 0.1) is 39.6 Å². The van der Waals surface area contributed by atoms with Crippen molar-refractivity contribution in [3.05, 3.63) is 0 Å². The Morgan fingerprint density at radius 2 is 0.893 bits per heavy atom. The number of carboxylic acids is 1. The second kappa shape index (κ2) is 48.4. The molecule has 0 saturated heterocycles. The second-order valence-electron chi connectivity index (χ2n) is 15.4. The highest BCUT2D eigenvalue weighted by Crippen LogP contribution is 2.13. The fraction of sp³-hybridized carbons (Fsp3) is 0.956. The van der Waals surface area contributed by atoms with Crippen LogP contribution in [0.4, 0.5) is 0 Å². The zero-order chi connectivity index (χ0) is 40.7. The minimum atomic E-state index is -1.08. The lowest BCUT2D eigenvalue weighted by Crippen LogP contribution is -2.44. The van der Waals surface area contributed by atoms with Gasteiger partial charge >= 0.3 is 5.97 Å². The number of carboxylic acid groups (broad SMARTS) is 1. The van der Waals surface area contributed by atoms with Crippen molar-refractivity contribution in [2.45, 2.75) is 187 Å². The van der Waals surface area contributed by atoms with Gasteiger partial charge < -0.3 is 40.0 Å². The maximum Gasteiger partial charge on any atom is 0.328 e. The third kappa shape index (κ3) is 45.7. The van der Waals surface area contributed by atoms with Crippen LogP contribution in [0.3, 0.4) is 0 Å². The number of thioether (sulfide) groups is 1. The standard InChI is InChI=1S/C45H91N3O7S/c1-3-5-7-9-11-13-15-16-17-18-20-22-24-28-44(49)48-43(45(50)51)42-55-39-38-54-37-36-53-35-32-47-31-30-46-29-26-40-56-41-27-34-52-33-25-23-21-19-14-12-10-8-6-4-2/h43,46-47H,3-42H2,1-2H3,(H,48,49)(H,50,51). The minimum absolute atomic E-state index is 0.0750. The molecule has 0 saturated carbocycles. The molecular weight excluding hydrogens is 727 g/mol. The van der Waals surface area contributed by atoms with Gasteiger partial charge in [0.1, 0.15) is 0 Å². The fourth-order valence-corrected chi connectivity index (χ4v) is 7.29. The van der Waals surface area contributed by atoms with Gasteiger partial charge in [-0.15, -0.1) is 0 Å². The van der Waals surface area contributed by atoms with Crippen molar-refractivity contribution in [2.75, 3.05) is 90.5 Å². The molecule has 0 fully saturated rings. The molecule has 0 aliphatic rings. The van der Waals surface area contributed by atoms with E-state index in [-0.39, 0.29) is 19.1 Å². The third-order valence-electron chi connectivity index (χ3n) is 9.93. The van der Waals surface area contributed by atoms with Gasteiger partial charge in [0.2, 0.25) is 5.91 Å². The van der Waals surface area contributed by atoms with E-state index in [1.54, 1.807) is 0 Å². The van der Waals surface area contributed by atoms with Crippen molar-refractivity contribution in [3.8, 4) is 0 Å². The maximum absolute atomic E-state index is 12.3. The van der Waals surface area contributed by atoms with E-state index in [4.69, 9.17) is 18.9 Å². The smallest absolute Gasteiger partial charge is 0.328 e. The van der Waals surface area contributed by atoms with Gasteiger partial charge in [0.15, 0.2) is 6.04 Å². The zero-order valence-corrected chi connectivity index (χ0v) is 37.5. The molecule has 0 aliphatic carbocycles.